The van der Waals surface area contributed by atoms with E-state index in [0.29, 0.717) is 5.69 Å². The second kappa shape index (κ2) is 7.92. The van der Waals surface area contributed by atoms with Crippen LogP contribution in [0.3, 0.4) is 0 Å². The lowest BCUT2D eigenvalue weighted by Gasteiger charge is -2.05. The number of aromatic hydroxyl groups is 1. The number of benzene rings is 2. The maximum atomic E-state index is 12.4. The number of carbonyl (C=O) groups excluding carboxylic acids is 2. The van der Waals surface area contributed by atoms with Gasteiger partial charge in [-0.2, -0.15) is 10.2 Å². The van der Waals surface area contributed by atoms with Gasteiger partial charge in [0.25, 0.3) is 11.8 Å². The van der Waals surface area contributed by atoms with Crippen LogP contribution in [0.1, 0.15) is 26.7 Å². The summed E-state index contributed by atoms with van der Waals surface area (Å²) in [5.41, 5.74) is 6.71. The first-order valence-electron chi connectivity index (χ1n) is 9.10. The van der Waals surface area contributed by atoms with Gasteiger partial charge in [0.15, 0.2) is 17.1 Å². The van der Waals surface area contributed by atoms with E-state index in [4.69, 9.17) is 0 Å². The molecule has 0 aliphatic rings. The standard InChI is InChI=1S/C21H18N6O3/c1-14-12-17(24-27(14)16-10-6-3-7-11-16)20(29)22-23-21(30)19-18(28)13-26(25-19)15-8-4-2-5-9-15/h2-13,28H,1H3,(H,22,29)(H,23,30). The molecule has 9 nitrogen and oxygen atoms in total. The fraction of sp³-hybridized carbons (Fsp3) is 0.0476. The van der Waals surface area contributed by atoms with Crippen LogP contribution in [0.15, 0.2) is 72.9 Å². The number of rotatable bonds is 4. The molecule has 3 N–H and O–H groups in total. The lowest BCUT2D eigenvalue weighted by molar-refractivity contribution is 0.0839. The number of hydrogen-bond donors (Lipinski definition) is 3. The Labute approximate surface area is 171 Å². The van der Waals surface area contributed by atoms with E-state index in [1.54, 1.807) is 22.9 Å². The summed E-state index contributed by atoms with van der Waals surface area (Å²) >= 11 is 0. The largest absolute Gasteiger partial charge is 0.504 e. The first-order chi connectivity index (χ1) is 14.5. The van der Waals surface area contributed by atoms with Crippen LogP contribution in [0, 0.1) is 6.92 Å². The molecule has 0 fully saturated rings. The van der Waals surface area contributed by atoms with Crippen molar-refractivity contribution >= 4 is 11.8 Å². The summed E-state index contributed by atoms with van der Waals surface area (Å²) in [4.78, 5) is 24.8. The molecule has 150 valence electrons. The number of aryl methyl sites for hydroxylation is 1. The third-order valence-corrected chi connectivity index (χ3v) is 4.34. The Kier molecular flexibility index (Phi) is 5.00. The zero-order chi connectivity index (χ0) is 21.1. The third-order valence-electron chi connectivity index (χ3n) is 4.34. The highest BCUT2D eigenvalue weighted by Gasteiger charge is 2.19. The van der Waals surface area contributed by atoms with Crippen molar-refractivity contribution in [3.8, 4) is 17.1 Å². The predicted octanol–water partition coefficient (Wildman–Crippen LogP) is 2.15. The average molecular weight is 402 g/mol. The number of carbonyl (C=O) groups is 2. The van der Waals surface area contributed by atoms with E-state index < -0.39 is 11.8 Å². The maximum Gasteiger partial charge on any atom is 0.294 e. The van der Waals surface area contributed by atoms with Gasteiger partial charge in [0.2, 0.25) is 0 Å². The SMILES string of the molecule is Cc1cc(C(=O)NNC(=O)c2nn(-c3ccccc3)cc2O)nn1-c1ccccc1. The van der Waals surface area contributed by atoms with Crippen LogP contribution in [-0.2, 0) is 0 Å². The monoisotopic (exact) mass is 402 g/mol. The van der Waals surface area contributed by atoms with Crippen molar-refractivity contribution in [1.29, 1.82) is 0 Å². The van der Waals surface area contributed by atoms with Gasteiger partial charge >= 0.3 is 0 Å². The summed E-state index contributed by atoms with van der Waals surface area (Å²) in [5.74, 6) is -1.66. The van der Waals surface area contributed by atoms with Crippen LogP contribution in [0.5, 0.6) is 5.75 Å². The lowest BCUT2D eigenvalue weighted by atomic mass is 10.3. The Morgan fingerprint density at radius 1 is 0.867 bits per heavy atom. The Morgan fingerprint density at radius 2 is 1.47 bits per heavy atom. The number of hydrazine groups is 1. The van der Waals surface area contributed by atoms with Crippen molar-refractivity contribution in [2.75, 3.05) is 0 Å². The van der Waals surface area contributed by atoms with Gasteiger partial charge in [-0.1, -0.05) is 36.4 Å². The molecule has 4 rings (SSSR count). The van der Waals surface area contributed by atoms with E-state index in [9.17, 15) is 14.7 Å². The summed E-state index contributed by atoms with van der Waals surface area (Å²) in [6.07, 6.45) is 1.32. The van der Waals surface area contributed by atoms with Crippen LogP contribution >= 0.6 is 0 Å². The molecule has 2 aromatic carbocycles. The molecule has 2 heterocycles. The van der Waals surface area contributed by atoms with Crippen LogP contribution < -0.4 is 10.9 Å². The average Bonchev–Trinajstić information content (AvgIpc) is 3.36. The van der Waals surface area contributed by atoms with Crippen molar-refractivity contribution in [3.05, 3.63) is 90.0 Å². The molecule has 0 bridgehead atoms. The minimum absolute atomic E-state index is 0.135. The Balaban J connectivity index is 1.45. The number of nitrogens with one attached hydrogen (secondary N) is 2. The van der Waals surface area contributed by atoms with E-state index in [1.165, 1.54) is 10.9 Å². The molecule has 30 heavy (non-hydrogen) atoms. The van der Waals surface area contributed by atoms with Gasteiger partial charge in [0.1, 0.15) is 0 Å². The van der Waals surface area contributed by atoms with E-state index in [-0.39, 0.29) is 17.1 Å². The molecule has 0 saturated carbocycles. The van der Waals surface area contributed by atoms with Gasteiger partial charge in [-0.05, 0) is 37.3 Å². The lowest BCUT2D eigenvalue weighted by Crippen LogP contribution is -2.42. The topological polar surface area (TPSA) is 114 Å². The van der Waals surface area contributed by atoms with Crippen LogP contribution in [-0.4, -0.2) is 36.5 Å². The molecular formula is C21H18N6O3. The number of nitrogens with zero attached hydrogens (tertiary/aromatic N) is 4. The quantitative estimate of drug-likeness (QED) is 0.453. The molecule has 0 radical (unpaired) electrons. The highest BCUT2D eigenvalue weighted by Crippen LogP contribution is 2.18. The first-order valence-corrected chi connectivity index (χ1v) is 9.10. The molecule has 2 amide bonds. The van der Waals surface area contributed by atoms with Crippen LogP contribution in [0.4, 0.5) is 0 Å². The maximum absolute atomic E-state index is 12.4. The Hall–Kier alpha value is -4.40. The minimum atomic E-state index is -0.755. The van der Waals surface area contributed by atoms with Crippen molar-refractivity contribution in [2.24, 2.45) is 0 Å². The van der Waals surface area contributed by atoms with Crippen molar-refractivity contribution < 1.29 is 14.7 Å². The summed E-state index contributed by atoms with van der Waals surface area (Å²) < 4.78 is 3.00. The molecule has 0 saturated heterocycles. The number of hydrogen-bond acceptors (Lipinski definition) is 5. The van der Waals surface area contributed by atoms with Gasteiger partial charge in [-0.15, -0.1) is 0 Å². The smallest absolute Gasteiger partial charge is 0.294 e. The first kappa shape index (κ1) is 18.9. The summed E-state index contributed by atoms with van der Waals surface area (Å²) in [6, 6.07) is 20.0. The van der Waals surface area contributed by atoms with Gasteiger partial charge in [0, 0.05) is 5.69 Å². The van der Waals surface area contributed by atoms with Crippen molar-refractivity contribution in [1.82, 2.24) is 30.4 Å². The molecular weight excluding hydrogens is 384 g/mol. The molecule has 0 spiro atoms. The van der Waals surface area contributed by atoms with E-state index in [2.05, 4.69) is 21.0 Å². The normalized spacial score (nSPS) is 10.6. The summed E-state index contributed by atoms with van der Waals surface area (Å²) in [7, 11) is 0. The highest BCUT2D eigenvalue weighted by atomic mass is 16.3. The Morgan fingerprint density at radius 3 is 2.13 bits per heavy atom. The molecule has 0 unspecified atom stereocenters. The van der Waals surface area contributed by atoms with Crippen molar-refractivity contribution in [3.63, 3.8) is 0 Å². The van der Waals surface area contributed by atoms with Gasteiger partial charge < -0.3 is 5.11 Å². The molecule has 2 aromatic heterocycles. The summed E-state index contributed by atoms with van der Waals surface area (Å²) in [6.45, 7) is 1.82. The van der Waals surface area contributed by atoms with Gasteiger partial charge in [-0.25, -0.2) is 9.36 Å². The predicted molar refractivity (Wildman–Crippen MR) is 108 cm³/mol. The third kappa shape index (κ3) is 3.76. The van der Waals surface area contributed by atoms with E-state index in [1.807, 2.05) is 55.5 Å². The fourth-order valence-electron chi connectivity index (χ4n) is 2.89. The van der Waals surface area contributed by atoms with Gasteiger partial charge in [-0.3, -0.25) is 20.4 Å². The summed E-state index contributed by atoms with van der Waals surface area (Å²) in [5, 5.41) is 18.4. The van der Waals surface area contributed by atoms with Gasteiger partial charge in [0.05, 0.1) is 17.6 Å². The van der Waals surface area contributed by atoms with Crippen LogP contribution in [0.2, 0.25) is 0 Å². The molecule has 4 aromatic rings. The molecule has 0 aliphatic heterocycles. The fourth-order valence-corrected chi connectivity index (χ4v) is 2.89. The number of para-hydroxylation sites is 2. The van der Waals surface area contributed by atoms with Crippen molar-refractivity contribution in [2.45, 2.75) is 6.92 Å². The molecule has 0 atom stereocenters. The zero-order valence-corrected chi connectivity index (χ0v) is 16.0. The minimum Gasteiger partial charge on any atom is -0.504 e. The second-order valence-electron chi connectivity index (χ2n) is 6.47. The number of aromatic nitrogens is 4. The second-order valence-corrected chi connectivity index (χ2v) is 6.47. The highest BCUT2D eigenvalue weighted by molar-refractivity contribution is 5.98. The van der Waals surface area contributed by atoms with E-state index >= 15 is 0 Å². The molecule has 9 heteroatoms. The number of amides is 2. The van der Waals surface area contributed by atoms with Crippen LogP contribution in [0.25, 0.3) is 11.4 Å². The zero-order valence-electron chi connectivity index (χ0n) is 16.0. The Bertz CT molecular complexity index is 1200. The molecule has 0 aliphatic carbocycles. The van der Waals surface area contributed by atoms with E-state index in [0.717, 1.165) is 11.4 Å².